The van der Waals surface area contributed by atoms with E-state index in [1.807, 2.05) is 12.1 Å². The number of sulfone groups is 1. The van der Waals surface area contributed by atoms with E-state index in [4.69, 9.17) is 21.1 Å². The van der Waals surface area contributed by atoms with E-state index in [0.29, 0.717) is 29.8 Å². The first-order chi connectivity index (χ1) is 21.2. The maximum Gasteiger partial charge on any atom is 0.412 e. The Bertz CT molecular complexity index is 1660. The van der Waals surface area contributed by atoms with Gasteiger partial charge in [-0.2, -0.15) is 5.10 Å². The van der Waals surface area contributed by atoms with Crippen LogP contribution >= 0.6 is 11.6 Å². The third-order valence-electron chi connectivity index (χ3n) is 9.28. The minimum absolute atomic E-state index is 0.00369. The van der Waals surface area contributed by atoms with Crippen molar-refractivity contribution in [3.05, 3.63) is 51.8 Å². The van der Waals surface area contributed by atoms with Gasteiger partial charge < -0.3 is 19.7 Å². The fourth-order valence-corrected chi connectivity index (χ4v) is 9.22. The van der Waals surface area contributed by atoms with Gasteiger partial charge in [-0.25, -0.2) is 13.2 Å². The lowest BCUT2D eigenvalue weighted by Crippen LogP contribution is -2.61. The number of fused-ring (bicyclic) bond motifs is 1. The summed E-state index contributed by atoms with van der Waals surface area (Å²) in [4.78, 5) is 43.2. The molecule has 46 heavy (non-hydrogen) atoms. The van der Waals surface area contributed by atoms with Gasteiger partial charge in [-0.15, -0.1) is 0 Å². The van der Waals surface area contributed by atoms with Crippen LogP contribution in [0.15, 0.2) is 24.3 Å². The Kier molecular flexibility index (Phi) is 8.56. The van der Waals surface area contributed by atoms with E-state index < -0.39 is 48.7 Å². The molecule has 12 nitrogen and oxygen atoms in total. The molecule has 1 aliphatic carbocycles. The zero-order valence-corrected chi connectivity index (χ0v) is 29.3. The number of carbonyl (C=O) groups excluding carboxylic acids is 3. The second-order valence-electron chi connectivity index (χ2n) is 14.5. The van der Waals surface area contributed by atoms with Crippen LogP contribution in [0.2, 0.25) is 5.02 Å². The molecule has 0 unspecified atom stereocenters. The molecule has 252 valence electrons. The SMILES string of the molecule is Cn1nc(C(=O)NCc2ccc(Cl)cc2)c2c1C(=O)N(CC1(S(=O)(=O)C(C)(C)[C@H]3COC(C)(C)N3C(=O)OC(C)(C)C)CC1)CC2. The summed E-state index contributed by atoms with van der Waals surface area (Å²) in [6, 6.07) is 6.31. The fourth-order valence-electron chi connectivity index (χ4n) is 6.48. The molecule has 0 bridgehead atoms. The molecule has 2 fully saturated rings. The average molecular weight is 678 g/mol. The van der Waals surface area contributed by atoms with Crippen molar-refractivity contribution < 1.29 is 32.3 Å². The fraction of sp³-hybridized carbons (Fsp3) is 0.625. The van der Waals surface area contributed by atoms with E-state index >= 15 is 0 Å². The predicted molar refractivity (Wildman–Crippen MR) is 172 cm³/mol. The summed E-state index contributed by atoms with van der Waals surface area (Å²) < 4.78 is 39.5. The van der Waals surface area contributed by atoms with Crippen LogP contribution in [0.5, 0.6) is 0 Å². The van der Waals surface area contributed by atoms with Crippen LogP contribution in [-0.2, 0) is 39.3 Å². The molecule has 1 aromatic carbocycles. The van der Waals surface area contributed by atoms with Crippen molar-refractivity contribution in [2.24, 2.45) is 7.05 Å². The first kappa shape index (κ1) is 34.2. The van der Waals surface area contributed by atoms with Gasteiger partial charge in [0.2, 0.25) is 0 Å². The molecule has 3 amide bonds. The van der Waals surface area contributed by atoms with Gasteiger partial charge >= 0.3 is 6.09 Å². The molecular formula is C32H44ClN5O7S. The van der Waals surface area contributed by atoms with Crippen LogP contribution in [0, 0.1) is 0 Å². The predicted octanol–water partition coefficient (Wildman–Crippen LogP) is 4.10. The first-order valence-electron chi connectivity index (χ1n) is 15.5. The quantitative estimate of drug-likeness (QED) is 0.441. The van der Waals surface area contributed by atoms with Crippen molar-refractivity contribution in [1.82, 2.24) is 24.9 Å². The molecule has 0 radical (unpaired) electrons. The number of benzene rings is 1. The zero-order chi connectivity index (χ0) is 34.0. The number of rotatable bonds is 8. The van der Waals surface area contributed by atoms with Crippen molar-refractivity contribution in [3.63, 3.8) is 0 Å². The molecule has 14 heteroatoms. The molecule has 2 aromatic rings. The Labute approximate surface area is 275 Å². The van der Waals surface area contributed by atoms with Crippen LogP contribution in [-0.4, -0.2) is 92.5 Å². The summed E-state index contributed by atoms with van der Waals surface area (Å²) in [5, 5.41) is 7.83. The summed E-state index contributed by atoms with van der Waals surface area (Å²) in [5.41, 5.74) is 0.0122. The highest BCUT2D eigenvalue weighted by atomic mass is 35.5. The number of ether oxygens (including phenoxy) is 2. The van der Waals surface area contributed by atoms with Crippen LogP contribution in [0.1, 0.15) is 93.4 Å². The molecule has 3 aliphatic rings. The number of hydrogen-bond donors (Lipinski definition) is 1. The number of amides is 3. The van der Waals surface area contributed by atoms with Crippen LogP contribution in [0.25, 0.3) is 0 Å². The van der Waals surface area contributed by atoms with E-state index in [1.54, 1.807) is 72.5 Å². The average Bonchev–Trinajstić information content (AvgIpc) is 3.55. The molecule has 0 spiro atoms. The number of aromatic nitrogens is 2. The van der Waals surface area contributed by atoms with Gasteiger partial charge in [0.05, 0.1) is 22.1 Å². The highest BCUT2D eigenvalue weighted by Gasteiger charge is 2.65. The Hall–Kier alpha value is -3.16. The third-order valence-corrected chi connectivity index (χ3v) is 12.9. The Morgan fingerprint density at radius 3 is 2.35 bits per heavy atom. The number of nitrogens with one attached hydrogen (secondary N) is 1. The largest absolute Gasteiger partial charge is 0.444 e. The van der Waals surface area contributed by atoms with E-state index in [-0.39, 0.29) is 43.5 Å². The van der Waals surface area contributed by atoms with Gasteiger partial charge in [0, 0.05) is 37.3 Å². The Morgan fingerprint density at radius 1 is 1.13 bits per heavy atom. The van der Waals surface area contributed by atoms with Crippen molar-refractivity contribution >= 4 is 39.3 Å². The molecule has 1 atom stereocenters. The first-order valence-corrected chi connectivity index (χ1v) is 17.4. The van der Waals surface area contributed by atoms with Crippen LogP contribution < -0.4 is 5.32 Å². The number of carbonyl (C=O) groups is 3. The minimum atomic E-state index is -3.94. The minimum Gasteiger partial charge on any atom is -0.444 e. The van der Waals surface area contributed by atoms with Gasteiger partial charge in [0.25, 0.3) is 11.8 Å². The smallest absolute Gasteiger partial charge is 0.412 e. The van der Waals surface area contributed by atoms with Gasteiger partial charge in [-0.3, -0.25) is 19.2 Å². The summed E-state index contributed by atoms with van der Waals surface area (Å²) in [6.07, 6.45) is 0.497. The maximum atomic E-state index is 14.5. The van der Waals surface area contributed by atoms with E-state index in [2.05, 4.69) is 10.4 Å². The lowest BCUT2D eigenvalue weighted by Gasteiger charge is -2.42. The number of hydrogen-bond acceptors (Lipinski definition) is 8. The lowest BCUT2D eigenvalue weighted by atomic mass is 10.0. The number of aryl methyl sites for hydroxylation is 1. The summed E-state index contributed by atoms with van der Waals surface area (Å²) in [6.45, 7) is 12.5. The molecule has 1 aromatic heterocycles. The Morgan fingerprint density at radius 2 is 1.76 bits per heavy atom. The molecule has 1 saturated heterocycles. The van der Waals surface area contributed by atoms with E-state index in [1.165, 1.54) is 9.58 Å². The van der Waals surface area contributed by atoms with Gasteiger partial charge in [0.15, 0.2) is 15.5 Å². The monoisotopic (exact) mass is 677 g/mol. The van der Waals surface area contributed by atoms with Gasteiger partial charge in [-0.1, -0.05) is 23.7 Å². The van der Waals surface area contributed by atoms with Crippen molar-refractivity contribution in [2.45, 2.75) is 101 Å². The maximum absolute atomic E-state index is 14.5. The topological polar surface area (TPSA) is 140 Å². The second kappa shape index (κ2) is 11.5. The van der Waals surface area contributed by atoms with Gasteiger partial charge in [-0.05, 0) is 85.4 Å². The molecule has 1 saturated carbocycles. The molecule has 5 rings (SSSR count). The molecular weight excluding hydrogens is 634 g/mol. The summed E-state index contributed by atoms with van der Waals surface area (Å²) in [5.74, 6) is -0.764. The summed E-state index contributed by atoms with van der Waals surface area (Å²) >= 11 is 5.95. The number of nitrogens with zero attached hydrogens (tertiary/aromatic N) is 4. The highest BCUT2D eigenvalue weighted by molar-refractivity contribution is 7.94. The molecule has 1 N–H and O–H groups in total. The number of halogens is 1. The molecule has 3 heterocycles. The second-order valence-corrected chi connectivity index (χ2v) is 17.9. The van der Waals surface area contributed by atoms with Crippen LogP contribution in [0.4, 0.5) is 4.79 Å². The standard InChI is InChI=1S/C32H44ClN5O7S/c1-29(2,3)45-28(41)38-23(18-44-31(38,6)7)30(4,5)46(42,43)32(14-15-32)19-37-16-13-22-24(35-36(8)25(22)27(37)40)26(39)34-17-20-9-11-21(33)12-10-20/h9-12,23H,13-19H2,1-8H3,(H,34,39)/t23-/m1/s1. The van der Waals surface area contributed by atoms with E-state index in [9.17, 15) is 22.8 Å². The lowest BCUT2D eigenvalue weighted by molar-refractivity contribution is -0.0634. The zero-order valence-electron chi connectivity index (χ0n) is 27.8. The highest BCUT2D eigenvalue weighted by Crippen LogP contribution is 2.52. The normalized spacial score (nSPS) is 20.8. The van der Waals surface area contributed by atoms with Crippen molar-refractivity contribution in [2.75, 3.05) is 19.7 Å². The van der Waals surface area contributed by atoms with Crippen molar-refractivity contribution in [1.29, 1.82) is 0 Å². The summed E-state index contributed by atoms with van der Waals surface area (Å²) in [7, 11) is -2.34. The Balaban J connectivity index is 1.34. The van der Waals surface area contributed by atoms with E-state index in [0.717, 1.165) is 5.56 Å². The van der Waals surface area contributed by atoms with Crippen molar-refractivity contribution in [3.8, 4) is 0 Å². The third kappa shape index (κ3) is 6.01. The van der Waals surface area contributed by atoms with Gasteiger partial charge in [0.1, 0.15) is 17.0 Å². The van der Waals surface area contributed by atoms with Crippen LogP contribution in [0.3, 0.4) is 0 Å². The molecule has 2 aliphatic heterocycles.